The van der Waals surface area contributed by atoms with Gasteiger partial charge in [-0.2, -0.15) is 13.2 Å². The average molecular weight is 204 g/mol. The first-order chi connectivity index (χ1) is 6.36. The number of ether oxygens (including phenoxy) is 1. The number of halogens is 3. The fraction of sp³-hybridized carbons (Fsp3) is 0.400. The molecule has 0 spiro atoms. The van der Waals surface area contributed by atoms with Gasteiger partial charge in [0.15, 0.2) is 0 Å². The van der Waals surface area contributed by atoms with Crippen LogP contribution < -0.4 is 4.74 Å². The molecule has 1 aromatic carbocycles. The maximum atomic E-state index is 12.4. The Morgan fingerprint density at radius 3 is 2.07 bits per heavy atom. The molecule has 0 unspecified atom stereocenters. The predicted octanol–water partition coefficient (Wildman–Crippen LogP) is 3.33. The van der Waals surface area contributed by atoms with Crippen LogP contribution in [0.1, 0.15) is 16.7 Å². The van der Waals surface area contributed by atoms with Crippen molar-refractivity contribution in [1.29, 1.82) is 0 Å². The van der Waals surface area contributed by atoms with Crippen LogP contribution in [-0.2, 0) is 6.18 Å². The highest BCUT2D eigenvalue weighted by Crippen LogP contribution is 2.35. The Morgan fingerprint density at radius 2 is 1.64 bits per heavy atom. The molecule has 4 heteroatoms. The van der Waals surface area contributed by atoms with Gasteiger partial charge in [0.1, 0.15) is 5.75 Å². The molecule has 1 rings (SSSR count). The molecule has 0 aliphatic rings. The highest BCUT2D eigenvalue weighted by Gasteiger charge is 2.33. The van der Waals surface area contributed by atoms with Gasteiger partial charge in [0.25, 0.3) is 0 Å². The summed E-state index contributed by atoms with van der Waals surface area (Å²) in [5.74, 6) is 0.267. The van der Waals surface area contributed by atoms with Crippen molar-refractivity contribution in [2.75, 3.05) is 7.11 Å². The van der Waals surface area contributed by atoms with E-state index in [1.807, 2.05) is 0 Å². The molecule has 0 saturated carbocycles. The Hall–Kier alpha value is -1.19. The highest BCUT2D eigenvalue weighted by molar-refractivity contribution is 5.42. The van der Waals surface area contributed by atoms with E-state index in [2.05, 4.69) is 0 Å². The maximum absolute atomic E-state index is 12.4. The van der Waals surface area contributed by atoms with Crippen molar-refractivity contribution in [1.82, 2.24) is 0 Å². The van der Waals surface area contributed by atoms with E-state index in [-0.39, 0.29) is 11.3 Å². The van der Waals surface area contributed by atoms with Crippen LogP contribution in [0.25, 0.3) is 0 Å². The second kappa shape index (κ2) is 3.52. The SMILES string of the molecule is COc1cc(C(F)(F)F)c(C)cc1C. The van der Waals surface area contributed by atoms with E-state index >= 15 is 0 Å². The number of hydrogen-bond acceptors (Lipinski definition) is 1. The lowest BCUT2D eigenvalue weighted by Gasteiger charge is -2.13. The van der Waals surface area contributed by atoms with Crippen molar-refractivity contribution in [3.8, 4) is 5.75 Å². The number of aryl methyl sites for hydroxylation is 2. The molecule has 0 aliphatic heterocycles. The van der Waals surface area contributed by atoms with Gasteiger partial charge in [0.05, 0.1) is 12.7 Å². The summed E-state index contributed by atoms with van der Waals surface area (Å²) < 4.78 is 42.2. The molecule has 1 aromatic rings. The smallest absolute Gasteiger partial charge is 0.416 e. The summed E-state index contributed by atoms with van der Waals surface area (Å²) in [6.45, 7) is 3.15. The van der Waals surface area contributed by atoms with Crippen molar-refractivity contribution >= 4 is 0 Å². The first-order valence-corrected chi connectivity index (χ1v) is 4.08. The van der Waals surface area contributed by atoms with Gasteiger partial charge in [-0.15, -0.1) is 0 Å². The highest BCUT2D eigenvalue weighted by atomic mass is 19.4. The van der Waals surface area contributed by atoms with E-state index in [1.54, 1.807) is 6.92 Å². The van der Waals surface area contributed by atoms with Crippen LogP contribution in [0.4, 0.5) is 13.2 Å². The second-order valence-corrected chi connectivity index (χ2v) is 3.13. The normalized spacial score (nSPS) is 11.6. The monoisotopic (exact) mass is 204 g/mol. The Balaban J connectivity index is 3.32. The summed E-state index contributed by atoms with van der Waals surface area (Å²) in [6.07, 6.45) is -4.31. The topological polar surface area (TPSA) is 9.23 Å². The summed E-state index contributed by atoms with van der Waals surface area (Å²) in [5, 5.41) is 0. The molecule has 0 amide bonds. The second-order valence-electron chi connectivity index (χ2n) is 3.13. The maximum Gasteiger partial charge on any atom is 0.416 e. The number of hydrogen-bond donors (Lipinski definition) is 0. The lowest BCUT2D eigenvalue weighted by molar-refractivity contribution is -0.138. The Labute approximate surface area is 80.5 Å². The van der Waals surface area contributed by atoms with Crippen LogP contribution >= 0.6 is 0 Å². The molecule has 0 saturated heterocycles. The van der Waals surface area contributed by atoms with Crippen LogP contribution in [0.2, 0.25) is 0 Å². The minimum Gasteiger partial charge on any atom is -0.496 e. The van der Waals surface area contributed by atoms with Gasteiger partial charge in [0, 0.05) is 0 Å². The molecule has 78 valence electrons. The third-order valence-corrected chi connectivity index (χ3v) is 2.05. The Bertz CT molecular complexity index is 342. The number of rotatable bonds is 1. The van der Waals surface area contributed by atoms with Gasteiger partial charge >= 0.3 is 6.18 Å². The van der Waals surface area contributed by atoms with Crippen LogP contribution in [0.3, 0.4) is 0 Å². The quantitative estimate of drug-likeness (QED) is 0.681. The molecule has 0 bridgehead atoms. The molecule has 0 aromatic heterocycles. The standard InChI is InChI=1S/C10H11F3O/c1-6-4-7(2)9(14-3)5-8(6)10(11,12)13/h4-5H,1-3H3. The van der Waals surface area contributed by atoms with Gasteiger partial charge in [-0.25, -0.2) is 0 Å². The lowest BCUT2D eigenvalue weighted by Crippen LogP contribution is -2.08. The Kier molecular flexibility index (Phi) is 2.73. The zero-order valence-corrected chi connectivity index (χ0v) is 8.20. The van der Waals surface area contributed by atoms with Gasteiger partial charge < -0.3 is 4.74 Å². The van der Waals surface area contributed by atoms with Gasteiger partial charge in [-0.3, -0.25) is 0 Å². The average Bonchev–Trinajstić information content (AvgIpc) is 2.02. The number of alkyl halides is 3. The summed E-state index contributed by atoms with van der Waals surface area (Å²) in [6, 6.07) is 2.51. The molecular formula is C10H11F3O. The molecule has 0 radical (unpaired) electrons. The Morgan fingerprint density at radius 1 is 1.07 bits per heavy atom. The zero-order chi connectivity index (χ0) is 10.9. The van der Waals surface area contributed by atoms with Crippen molar-refractivity contribution < 1.29 is 17.9 Å². The third kappa shape index (κ3) is 2.00. The molecule has 0 fully saturated rings. The van der Waals surface area contributed by atoms with Gasteiger partial charge in [0.2, 0.25) is 0 Å². The first-order valence-electron chi connectivity index (χ1n) is 4.08. The van der Waals surface area contributed by atoms with E-state index in [1.165, 1.54) is 20.1 Å². The summed E-state index contributed by atoms with van der Waals surface area (Å²) in [7, 11) is 1.36. The van der Waals surface area contributed by atoms with E-state index in [0.717, 1.165) is 6.07 Å². The van der Waals surface area contributed by atoms with Crippen molar-refractivity contribution in [3.05, 3.63) is 28.8 Å². The molecule has 1 nitrogen and oxygen atoms in total. The van der Waals surface area contributed by atoms with Crippen LogP contribution in [-0.4, -0.2) is 7.11 Å². The van der Waals surface area contributed by atoms with Crippen LogP contribution in [0, 0.1) is 13.8 Å². The van der Waals surface area contributed by atoms with Crippen LogP contribution in [0.15, 0.2) is 12.1 Å². The van der Waals surface area contributed by atoms with Crippen molar-refractivity contribution in [2.45, 2.75) is 20.0 Å². The molecule has 0 N–H and O–H groups in total. The third-order valence-electron chi connectivity index (χ3n) is 2.05. The van der Waals surface area contributed by atoms with E-state index < -0.39 is 11.7 Å². The predicted molar refractivity (Wildman–Crippen MR) is 47.5 cm³/mol. The van der Waals surface area contributed by atoms with E-state index in [9.17, 15) is 13.2 Å². The molecular weight excluding hydrogens is 193 g/mol. The van der Waals surface area contributed by atoms with Gasteiger partial charge in [-0.1, -0.05) is 6.07 Å². The fourth-order valence-corrected chi connectivity index (χ4v) is 1.36. The number of methoxy groups -OCH3 is 1. The summed E-state index contributed by atoms with van der Waals surface area (Å²) in [4.78, 5) is 0. The molecule has 0 aliphatic carbocycles. The zero-order valence-electron chi connectivity index (χ0n) is 8.20. The molecule has 14 heavy (non-hydrogen) atoms. The van der Waals surface area contributed by atoms with E-state index in [4.69, 9.17) is 4.74 Å². The summed E-state index contributed by atoms with van der Waals surface area (Å²) in [5.41, 5.74) is 0.286. The largest absolute Gasteiger partial charge is 0.496 e. The molecule has 0 atom stereocenters. The van der Waals surface area contributed by atoms with Crippen LogP contribution in [0.5, 0.6) is 5.75 Å². The summed E-state index contributed by atoms with van der Waals surface area (Å²) >= 11 is 0. The lowest BCUT2D eigenvalue weighted by atomic mass is 10.0. The van der Waals surface area contributed by atoms with Crippen molar-refractivity contribution in [2.24, 2.45) is 0 Å². The van der Waals surface area contributed by atoms with E-state index in [0.29, 0.717) is 5.56 Å². The minimum atomic E-state index is -4.31. The fourth-order valence-electron chi connectivity index (χ4n) is 1.36. The first kappa shape index (κ1) is 10.9. The van der Waals surface area contributed by atoms with Gasteiger partial charge in [-0.05, 0) is 31.0 Å². The molecule has 0 heterocycles. The van der Waals surface area contributed by atoms with Crippen molar-refractivity contribution in [3.63, 3.8) is 0 Å². The number of benzene rings is 1. The minimum absolute atomic E-state index is 0.218.